The van der Waals surface area contributed by atoms with Crippen molar-refractivity contribution in [2.75, 3.05) is 31.5 Å². The molecule has 7 nitrogen and oxygen atoms in total. The average molecular weight is 572 g/mol. The van der Waals surface area contributed by atoms with E-state index < -0.39 is 0 Å². The predicted molar refractivity (Wildman–Crippen MR) is 172 cm³/mol. The number of Topliss-reactive ketones (excluding diaryl/α,β-unsaturated/α-hetero) is 1. The molecule has 1 aliphatic rings. The molecule has 0 spiro atoms. The standard InChI is InChI=1S/C36H37N5O2/c1-25(2)27-13-16-32(17-14-27)37-36(43)40-21-19-39(20-22-40)24-33-35(30-7-5-4-6-8-30)38-34-18-15-31(23-41(33)34)29-11-9-28(10-12-29)26(3)42/h4-18,23,25H,19-22,24H2,1-3H3,(H,37,43). The fraction of sp³-hybridized carbons (Fsp3) is 0.250. The molecule has 0 unspecified atom stereocenters. The Morgan fingerprint density at radius 3 is 2.12 bits per heavy atom. The Labute approximate surface area is 252 Å². The van der Waals surface area contributed by atoms with Crippen molar-refractivity contribution >= 4 is 23.1 Å². The van der Waals surface area contributed by atoms with Crippen LogP contribution < -0.4 is 5.32 Å². The highest BCUT2D eigenvalue weighted by Crippen LogP contribution is 2.29. The Kier molecular flexibility index (Phi) is 8.07. The van der Waals surface area contributed by atoms with Crippen molar-refractivity contribution in [3.05, 3.63) is 114 Å². The molecule has 0 atom stereocenters. The zero-order chi connectivity index (χ0) is 29.9. The first-order valence-electron chi connectivity index (χ1n) is 14.9. The van der Waals surface area contributed by atoms with Crippen LogP contribution in [0, 0.1) is 0 Å². The van der Waals surface area contributed by atoms with Crippen LogP contribution in [0.4, 0.5) is 10.5 Å². The minimum atomic E-state index is -0.0582. The average Bonchev–Trinajstić information content (AvgIpc) is 3.39. The SMILES string of the molecule is CC(=O)c1ccc(-c2ccc3nc(-c4ccccc4)c(CN4CCN(C(=O)Nc5ccc(C(C)C)cc5)CC4)n3c2)cc1. The number of piperazine rings is 1. The normalized spacial score (nSPS) is 13.9. The molecule has 1 saturated heterocycles. The fourth-order valence-corrected chi connectivity index (χ4v) is 5.61. The highest BCUT2D eigenvalue weighted by Gasteiger charge is 2.24. The van der Waals surface area contributed by atoms with Gasteiger partial charge in [-0.25, -0.2) is 9.78 Å². The lowest BCUT2D eigenvalue weighted by molar-refractivity contribution is 0.101. The zero-order valence-corrected chi connectivity index (χ0v) is 25.0. The van der Waals surface area contributed by atoms with E-state index in [0.717, 1.165) is 52.5 Å². The van der Waals surface area contributed by atoms with E-state index in [2.05, 4.69) is 71.1 Å². The Balaban J connectivity index is 1.21. The Morgan fingerprint density at radius 1 is 0.791 bits per heavy atom. The van der Waals surface area contributed by atoms with Crippen molar-refractivity contribution in [2.24, 2.45) is 0 Å². The van der Waals surface area contributed by atoms with Crippen LogP contribution in [0.2, 0.25) is 0 Å². The van der Waals surface area contributed by atoms with Crippen LogP contribution in [0.15, 0.2) is 97.2 Å². The first kappa shape index (κ1) is 28.4. The van der Waals surface area contributed by atoms with E-state index in [9.17, 15) is 9.59 Å². The molecular formula is C36H37N5O2. The van der Waals surface area contributed by atoms with Gasteiger partial charge in [-0.1, -0.05) is 80.6 Å². The highest BCUT2D eigenvalue weighted by atomic mass is 16.2. The molecule has 1 fully saturated rings. The summed E-state index contributed by atoms with van der Waals surface area (Å²) < 4.78 is 2.19. The summed E-state index contributed by atoms with van der Waals surface area (Å²) in [6.07, 6.45) is 2.14. The fourth-order valence-electron chi connectivity index (χ4n) is 5.61. The van der Waals surface area contributed by atoms with Crippen LogP contribution in [-0.4, -0.2) is 57.2 Å². The summed E-state index contributed by atoms with van der Waals surface area (Å²) in [7, 11) is 0. The van der Waals surface area contributed by atoms with Crippen LogP contribution >= 0.6 is 0 Å². The summed E-state index contributed by atoms with van der Waals surface area (Å²) in [4.78, 5) is 34.1. The quantitative estimate of drug-likeness (QED) is 0.208. The van der Waals surface area contributed by atoms with Gasteiger partial charge in [-0.2, -0.15) is 0 Å². The van der Waals surface area contributed by atoms with Gasteiger partial charge in [0.1, 0.15) is 5.65 Å². The van der Waals surface area contributed by atoms with Gasteiger partial charge in [0.2, 0.25) is 0 Å². The van der Waals surface area contributed by atoms with Crippen LogP contribution in [0.25, 0.3) is 28.0 Å². The lowest BCUT2D eigenvalue weighted by Crippen LogP contribution is -2.49. The van der Waals surface area contributed by atoms with Crippen LogP contribution in [0.3, 0.4) is 0 Å². The van der Waals surface area contributed by atoms with Crippen molar-refractivity contribution in [1.82, 2.24) is 19.2 Å². The third kappa shape index (κ3) is 6.22. The van der Waals surface area contributed by atoms with Crippen molar-refractivity contribution in [3.63, 3.8) is 0 Å². The number of ketones is 1. The monoisotopic (exact) mass is 571 g/mol. The summed E-state index contributed by atoms with van der Waals surface area (Å²) in [6.45, 7) is 9.47. The van der Waals surface area contributed by atoms with Crippen LogP contribution in [0.1, 0.15) is 48.3 Å². The number of fused-ring (bicyclic) bond motifs is 1. The molecule has 1 N–H and O–H groups in total. The molecule has 0 saturated carbocycles. The number of carbonyl (C=O) groups excluding carboxylic acids is 2. The van der Waals surface area contributed by atoms with E-state index in [0.29, 0.717) is 31.1 Å². The number of hydrogen-bond donors (Lipinski definition) is 1. The third-order valence-electron chi connectivity index (χ3n) is 8.25. The molecule has 2 aromatic heterocycles. The number of urea groups is 1. The van der Waals surface area contributed by atoms with E-state index in [-0.39, 0.29) is 11.8 Å². The number of hydrogen-bond acceptors (Lipinski definition) is 4. The first-order chi connectivity index (χ1) is 20.9. The molecular weight excluding hydrogens is 534 g/mol. The second kappa shape index (κ2) is 12.2. The maximum absolute atomic E-state index is 13.0. The number of imidazole rings is 1. The molecule has 7 heteroatoms. The molecule has 0 bridgehead atoms. The molecule has 6 rings (SSSR count). The van der Waals surface area contributed by atoms with Crippen molar-refractivity contribution in [2.45, 2.75) is 33.2 Å². The second-order valence-corrected chi connectivity index (χ2v) is 11.5. The number of carbonyl (C=O) groups is 2. The largest absolute Gasteiger partial charge is 0.322 e. The van der Waals surface area contributed by atoms with Crippen molar-refractivity contribution in [3.8, 4) is 22.4 Å². The summed E-state index contributed by atoms with van der Waals surface area (Å²) in [5.41, 5.74) is 8.94. The molecule has 0 aliphatic carbocycles. The maximum atomic E-state index is 13.0. The minimum absolute atomic E-state index is 0.0582. The molecule has 5 aromatic rings. The Morgan fingerprint density at radius 2 is 1.47 bits per heavy atom. The number of benzene rings is 3. The number of nitrogens with one attached hydrogen (secondary N) is 1. The number of amides is 2. The second-order valence-electron chi connectivity index (χ2n) is 11.5. The smallest absolute Gasteiger partial charge is 0.321 e. The third-order valence-corrected chi connectivity index (χ3v) is 8.25. The van der Waals surface area contributed by atoms with Gasteiger partial charge in [0.25, 0.3) is 0 Å². The summed E-state index contributed by atoms with van der Waals surface area (Å²) >= 11 is 0. The van der Waals surface area contributed by atoms with Gasteiger partial charge < -0.3 is 14.6 Å². The van der Waals surface area contributed by atoms with Gasteiger partial charge in [0.05, 0.1) is 11.4 Å². The van der Waals surface area contributed by atoms with Gasteiger partial charge in [0.15, 0.2) is 5.78 Å². The first-order valence-corrected chi connectivity index (χ1v) is 14.9. The maximum Gasteiger partial charge on any atom is 0.321 e. The van der Waals surface area contributed by atoms with Gasteiger partial charge in [-0.05, 0) is 53.8 Å². The zero-order valence-electron chi connectivity index (χ0n) is 25.0. The summed E-state index contributed by atoms with van der Waals surface area (Å²) in [5, 5.41) is 3.06. The van der Waals surface area contributed by atoms with Gasteiger partial charge in [0, 0.05) is 55.7 Å². The Bertz CT molecular complexity index is 1730. The number of aromatic nitrogens is 2. The highest BCUT2D eigenvalue weighted by molar-refractivity contribution is 5.94. The van der Waals surface area contributed by atoms with E-state index in [1.807, 2.05) is 59.5 Å². The molecule has 0 radical (unpaired) electrons. The van der Waals surface area contributed by atoms with E-state index in [1.165, 1.54) is 5.56 Å². The van der Waals surface area contributed by atoms with E-state index in [4.69, 9.17) is 4.98 Å². The topological polar surface area (TPSA) is 70.0 Å². The molecule has 3 aromatic carbocycles. The van der Waals surface area contributed by atoms with Gasteiger partial charge in [-0.3, -0.25) is 9.69 Å². The number of pyridine rings is 1. The van der Waals surface area contributed by atoms with Crippen LogP contribution in [-0.2, 0) is 6.54 Å². The lowest BCUT2D eigenvalue weighted by Gasteiger charge is -2.34. The molecule has 218 valence electrons. The molecule has 2 amide bonds. The minimum Gasteiger partial charge on any atom is -0.322 e. The molecule has 3 heterocycles. The number of anilines is 1. The van der Waals surface area contributed by atoms with Crippen molar-refractivity contribution in [1.29, 1.82) is 0 Å². The summed E-state index contributed by atoms with van der Waals surface area (Å²) in [5.74, 6) is 0.517. The number of rotatable bonds is 7. The molecule has 43 heavy (non-hydrogen) atoms. The lowest BCUT2D eigenvalue weighted by atomic mass is 10.0. The predicted octanol–water partition coefficient (Wildman–Crippen LogP) is 7.34. The van der Waals surface area contributed by atoms with Gasteiger partial charge >= 0.3 is 6.03 Å². The Hall–Kier alpha value is -4.75. The van der Waals surface area contributed by atoms with E-state index in [1.54, 1.807) is 6.92 Å². The van der Waals surface area contributed by atoms with Crippen LogP contribution in [0.5, 0.6) is 0 Å². The van der Waals surface area contributed by atoms with Crippen molar-refractivity contribution < 1.29 is 9.59 Å². The van der Waals surface area contributed by atoms with Gasteiger partial charge in [-0.15, -0.1) is 0 Å². The van der Waals surface area contributed by atoms with E-state index >= 15 is 0 Å². The molecule has 1 aliphatic heterocycles. The summed E-state index contributed by atoms with van der Waals surface area (Å²) in [6, 6.07) is 30.2. The number of nitrogens with zero attached hydrogens (tertiary/aromatic N) is 4.